The maximum Gasteiger partial charge on any atom is 0.473 e. The van der Waals surface area contributed by atoms with E-state index in [2.05, 4.69) is 25.3 Å². The zero-order chi connectivity index (χ0) is 44.5. The number of hydrogen-bond acceptors (Lipinski definition) is 20. The number of anilines is 2. The number of carbonyl (C=O) groups excluding carboxylic acids is 1. The Morgan fingerprint density at radius 1 is 1.02 bits per heavy atom. The number of nitrogen functional groups attached to an aromatic ring is 1. The largest absolute Gasteiger partial charge is 0.481 e. The van der Waals surface area contributed by atoms with Crippen molar-refractivity contribution in [3.63, 3.8) is 0 Å². The number of nitrogens with zero attached hydrogens (tertiary/aromatic N) is 3. The number of phosphoric ester groups is 1. The molecule has 3 heterocycles. The fraction of sp³-hybridized carbons (Fsp3) is 0.515. The molecule has 1 aromatic carbocycles. The van der Waals surface area contributed by atoms with Gasteiger partial charge in [0.05, 0.1) is 43.7 Å². The van der Waals surface area contributed by atoms with Crippen LogP contribution in [-0.4, -0.2) is 158 Å². The summed E-state index contributed by atoms with van der Waals surface area (Å²) in [6.07, 6.45) is -15.6. The van der Waals surface area contributed by atoms with Gasteiger partial charge >= 0.3 is 25.7 Å². The van der Waals surface area contributed by atoms with Gasteiger partial charge in [-0.3, -0.25) is 33.2 Å². The summed E-state index contributed by atoms with van der Waals surface area (Å²) in [7, 11) is -5.35. The number of aromatic amines is 1. The first-order valence-corrected chi connectivity index (χ1v) is 19.3. The lowest BCUT2D eigenvalue weighted by atomic mass is 10.0. The molecule has 0 spiro atoms. The Balaban J connectivity index is 1.25. The number of benzene rings is 1. The SMILES string of the molecule is CC(Nc1ccc(CC(O)C(O)C(O)COC2OC(COP(=O)(O)OC(CCC(=O)O)C(=O)NC(CC(=O)O)C(=O)O)C(O)C2O)cc1)c1cnc2nc(N)[nH]c(=O)c2n1. The third kappa shape index (κ3) is 13.4. The highest BCUT2D eigenvalue weighted by Gasteiger charge is 2.45. The van der Waals surface area contributed by atoms with Gasteiger partial charge in [-0.2, -0.15) is 4.98 Å². The van der Waals surface area contributed by atoms with Gasteiger partial charge in [-0.15, -0.1) is 0 Å². The molecule has 60 heavy (non-hydrogen) atoms. The number of aliphatic hydroxyl groups excluding tert-OH is 5. The molecule has 14 N–H and O–H groups in total. The second kappa shape index (κ2) is 20.8. The summed E-state index contributed by atoms with van der Waals surface area (Å²) in [5.74, 6) is -6.43. The number of hydrogen-bond donors (Lipinski definition) is 13. The van der Waals surface area contributed by atoms with E-state index in [-0.39, 0.29) is 23.5 Å². The number of carbonyl (C=O) groups is 4. The molecule has 11 atom stereocenters. The zero-order valence-corrected chi connectivity index (χ0v) is 32.3. The summed E-state index contributed by atoms with van der Waals surface area (Å²) in [4.78, 5) is 83.1. The van der Waals surface area contributed by atoms with E-state index in [0.717, 1.165) is 0 Å². The molecule has 4 rings (SSSR count). The van der Waals surface area contributed by atoms with Crippen LogP contribution in [0.25, 0.3) is 11.2 Å². The van der Waals surface area contributed by atoms with Gasteiger partial charge < -0.3 is 71.6 Å². The predicted molar refractivity (Wildman–Crippen MR) is 199 cm³/mol. The van der Waals surface area contributed by atoms with Crippen LogP contribution in [0.15, 0.2) is 35.3 Å². The highest BCUT2D eigenvalue weighted by Crippen LogP contribution is 2.46. The predicted octanol–water partition coefficient (Wildman–Crippen LogP) is -3.03. The van der Waals surface area contributed by atoms with Gasteiger partial charge in [0.15, 0.2) is 17.5 Å². The van der Waals surface area contributed by atoms with E-state index in [4.69, 9.17) is 34.5 Å². The van der Waals surface area contributed by atoms with Gasteiger partial charge in [0.1, 0.15) is 42.7 Å². The van der Waals surface area contributed by atoms with Gasteiger partial charge in [-0.05, 0) is 31.0 Å². The fourth-order valence-corrected chi connectivity index (χ4v) is 6.52. The summed E-state index contributed by atoms with van der Waals surface area (Å²) in [5.41, 5.74) is 6.72. The lowest BCUT2D eigenvalue weighted by Crippen LogP contribution is -2.47. The van der Waals surface area contributed by atoms with E-state index in [1.165, 1.54) is 6.20 Å². The molecule has 0 radical (unpaired) electrons. The highest BCUT2D eigenvalue weighted by molar-refractivity contribution is 7.47. The molecule has 1 saturated heterocycles. The summed E-state index contributed by atoms with van der Waals surface area (Å²) >= 11 is 0. The van der Waals surface area contributed by atoms with E-state index in [1.54, 1.807) is 36.5 Å². The van der Waals surface area contributed by atoms with Crippen LogP contribution in [0.4, 0.5) is 11.6 Å². The average Bonchev–Trinajstić information content (AvgIpc) is 3.45. The molecule has 1 aliphatic rings. The Morgan fingerprint density at radius 2 is 1.70 bits per heavy atom. The number of phosphoric acid groups is 1. The van der Waals surface area contributed by atoms with E-state index in [9.17, 15) is 64.1 Å². The summed E-state index contributed by atoms with van der Waals surface area (Å²) < 4.78 is 32.8. The van der Waals surface area contributed by atoms with Crippen molar-refractivity contribution in [2.45, 2.75) is 93.7 Å². The number of rotatable bonds is 23. The van der Waals surface area contributed by atoms with Crippen molar-refractivity contribution >= 4 is 54.4 Å². The molecular formula is C33H44N7O19P. The average molecular weight is 874 g/mol. The van der Waals surface area contributed by atoms with Crippen molar-refractivity contribution in [3.05, 3.63) is 52.1 Å². The number of nitrogens with one attached hydrogen (secondary N) is 3. The standard InChI is InChI=1S/C33H44N7O19P/c1-13(17-10-35-28-24(37-17)30(51)40-33(34)39-28)36-15-4-2-14(3-5-15)8-18(41)25(47)19(42)11-56-32-27(49)26(48)21(58-32)12-57-60(54,55)59-20(6-7-22(43)44)29(50)38-16(31(52)53)9-23(45)46/h2-5,10,13,16,18-21,25-27,32,36,41-42,47-49H,6-9,11-12H2,1H3,(H,38,50)(H,43,44)(H,45,46)(H,52,53)(H,54,55)(H3,34,35,39,40,51). The van der Waals surface area contributed by atoms with Crippen molar-refractivity contribution in [1.29, 1.82) is 0 Å². The molecular weight excluding hydrogens is 829 g/mol. The second-order valence-electron chi connectivity index (χ2n) is 13.5. The Morgan fingerprint density at radius 3 is 2.33 bits per heavy atom. The van der Waals surface area contributed by atoms with Crippen LogP contribution in [-0.2, 0) is 48.7 Å². The maximum atomic E-state index is 12.7. The number of carboxylic acid groups (broad SMARTS) is 3. The molecule has 0 aliphatic carbocycles. The number of aliphatic carboxylic acids is 3. The quantitative estimate of drug-likeness (QED) is 0.0421. The molecule has 1 amide bonds. The summed E-state index contributed by atoms with van der Waals surface area (Å²) in [6.45, 7) is 0.0125. The van der Waals surface area contributed by atoms with Crippen molar-refractivity contribution in [2.24, 2.45) is 0 Å². The number of amides is 1. The topological polar surface area (TPSA) is 426 Å². The molecule has 0 bridgehead atoms. The van der Waals surface area contributed by atoms with Crippen LogP contribution in [0.1, 0.15) is 43.5 Å². The van der Waals surface area contributed by atoms with Gasteiger partial charge in [0.25, 0.3) is 11.5 Å². The van der Waals surface area contributed by atoms with Gasteiger partial charge in [-0.25, -0.2) is 19.3 Å². The molecule has 2 aromatic heterocycles. The van der Waals surface area contributed by atoms with Crippen molar-refractivity contribution in [2.75, 3.05) is 24.3 Å². The molecule has 11 unspecified atom stereocenters. The summed E-state index contributed by atoms with van der Waals surface area (Å²) in [5, 5.41) is 84.5. The smallest absolute Gasteiger partial charge is 0.473 e. The van der Waals surface area contributed by atoms with Crippen LogP contribution in [0, 0.1) is 0 Å². The van der Waals surface area contributed by atoms with Crippen LogP contribution in [0.5, 0.6) is 0 Å². The van der Waals surface area contributed by atoms with E-state index in [0.29, 0.717) is 16.9 Å². The number of aromatic nitrogens is 4. The second-order valence-corrected chi connectivity index (χ2v) is 14.9. The first kappa shape index (κ1) is 47.4. The summed E-state index contributed by atoms with van der Waals surface area (Å²) in [6, 6.07) is 4.21. The monoisotopic (exact) mass is 873 g/mol. The number of aliphatic hydroxyl groups is 5. The van der Waals surface area contributed by atoms with Crippen LogP contribution < -0.4 is 21.9 Å². The minimum absolute atomic E-state index is 0.0132. The van der Waals surface area contributed by atoms with Crippen LogP contribution in [0.2, 0.25) is 0 Å². The number of H-pyrrole nitrogens is 1. The molecule has 3 aromatic rings. The van der Waals surface area contributed by atoms with Gasteiger partial charge in [0, 0.05) is 18.5 Å². The normalized spacial score (nSPS) is 21.9. The number of nitrogens with two attached hydrogens (primary N) is 1. The number of ether oxygens (including phenoxy) is 2. The molecule has 330 valence electrons. The Kier molecular flexibility index (Phi) is 16.5. The Hall–Kier alpha value is -5.25. The first-order valence-electron chi connectivity index (χ1n) is 17.8. The zero-order valence-electron chi connectivity index (χ0n) is 31.4. The van der Waals surface area contributed by atoms with Crippen molar-refractivity contribution < 1.29 is 88.0 Å². The first-order chi connectivity index (χ1) is 28.1. The molecule has 1 aliphatic heterocycles. The molecule has 1 fully saturated rings. The molecule has 26 nitrogen and oxygen atoms in total. The minimum atomic E-state index is -5.35. The van der Waals surface area contributed by atoms with Crippen molar-refractivity contribution in [1.82, 2.24) is 25.3 Å². The minimum Gasteiger partial charge on any atom is -0.481 e. The van der Waals surface area contributed by atoms with Gasteiger partial charge in [-0.1, -0.05) is 12.1 Å². The third-order valence-corrected chi connectivity index (χ3v) is 9.78. The Labute approximate surface area is 337 Å². The van der Waals surface area contributed by atoms with Crippen LogP contribution >= 0.6 is 7.82 Å². The lowest BCUT2D eigenvalue weighted by Gasteiger charge is -2.25. The molecule has 0 saturated carbocycles. The van der Waals surface area contributed by atoms with Gasteiger partial charge in [0.2, 0.25) is 5.95 Å². The number of carboxylic acids is 3. The third-order valence-electron chi connectivity index (χ3n) is 8.79. The highest BCUT2D eigenvalue weighted by atomic mass is 31.2. The van der Waals surface area contributed by atoms with E-state index in [1.807, 2.05) is 0 Å². The number of fused-ring (bicyclic) bond motifs is 1. The lowest BCUT2D eigenvalue weighted by molar-refractivity contribution is -0.192. The molecule has 27 heteroatoms. The van der Waals surface area contributed by atoms with E-state index >= 15 is 0 Å². The maximum absolute atomic E-state index is 12.7. The van der Waals surface area contributed by atoms with Crippen LogP contribution in [0.3, 0.4) is 0 Å². The fourth-order valence-electron chi connectivity index (χ4n) is 5.60. The Bertz CT molecular complexity index is 2090. The van der Waals surface area contributed by atoms with E-state index < -0.39 is 131 Å². The van der Waals surface area contributed by atoms with Crippen molar-refractivity contribution in [3.8, 4) is 0 Å².